The first-order valence-corrected chi connectivity index (χ1v) is 14.0. The molecule has 0 saturated heterocycles. The van der Waals surface area contributed by atoms with Crippen molar-refractivity contribution in [2.75, 3.05) is 0 Å². The van der Waals surface area contributed by atoms with Crippen molar-refractivity contribution in [2.24, 2.45) is 0 Å². The summed E-state index contributed by atoms with van der Waals surface area (Å²) < 4.78 is 12.6. The summed E-state index contributed by atoms with van der Waals surface area (Å²) in [6, 6.07) is 21.5. The third-order valence-corrected chi connectivity index (χ3v) is 7.10. The smallest absolute Gasteiger partial charge is 0.390 e. The standard InChI is InChI=1S/C34H32BrNO5/c1-33(2,3)24-17-22(18-25(20-24)34(4,5)6)21-40-31-15-7-23-19-26(35)8-13-29(23)30(31)14-16-32(37)41-28-11-9-27(10-12-28)36(38)39/h7-13,15,17-20H,21H2,1-6H3. The molecule has 0 aromatic heterocycles. The fraction of sp³-hybridized carbons (Fsp3) is 0.265. The van der Waals surface area contributed by atoms with E-state index in [0.717, 1.165) is 20.8 Å². The SMILES string of the molecule is CC(C)(C)c1cc(COc2ccc3cc(Br)ccc3c2C#CC(=O)Oc2ccc([N+](=O)[O-])cc2)cc(C(C)(C)C)c1. The molecular weight excluding hydrogens is 582 g/mol. The topological polar surface area (TPSA) is 78.7 Å². The number of fused-ring (bicyclic) bond motifs is 1. The lowest BCUT2D eigenvalue weighted by Crippen LogP contribution is -2.17. The molecule has 0 spiro atoms. The van der Waals surface area contributed by atoms with Crippen molar-refractivity contribution in [1.82, 2.24) is 0 Å². The average molecular weight is 615 g/mol. The summed E-state index contributed by atoms with van der Waals surface area (Å²) in [5.41, 5.74) is 3.96. The van der Waals surface area contributed by atoms with Crippen molar-refractivity contribution in [3.8, 4) is 23.3 Å². The Hall–Kier alpha value is -4.15. The Bertz CT molecular complexity index is 1650. The van der Waals surface area contributed by atoms with E-state index in [4.69, 9.17) is 9.47 Å². The lowest BCUT2D eigenvalue weighted by atomic mass is 9.79. The molecule has 210 valence electrons. The van der Waals surface area contributed by atoms with Crippen molar-refractivity contribution >= 4 is 38.4 Å². The van der Waals surface area contributed by atoms with Crippen LogP contribution in [0.2, 0.25) is 0 Å². The van der Waals surface area contributed by atoms with Gasteiger partial charge in [-0.15, -0.1) is 0 Å². The van der Waals surface area contributed by atoms with E-state index in [1.54, 1.807) is 0 Å². The van der Waals surface area contributed by atoms with Crippen LogP contribution in [0.15, 0.2) is 77.3 Å². The number of ether oxygens (including phenoxy) is 2. The Morgan fingerprint density at radius 2 is 1.51 bits per heavy atom. The van der Waals surface area contributed by atoms with E-state index in [2.05, 4.69) is 87.5 Å². The fourth-order valence-electron chi connectivity index (χ4n) is 4.21. The number of nitrogens with zero attached hydrogens (tertiary/aromatic N) is 1. The number of hydrogen-bond donors (Lipinski definition) is 0. The van der Waals surface area contributed by atoms with Crippen LogP contribution in [-0.2, 0) is 22.2 Å². The summed E-state index contributed by atoms with van der Waals surface area (Å²) in [4.78, 5) is 22.9. The molecule has 7 heteroatoms. The summed E-state index contributed by atoms with van der Waals surface area (Å²) in [6.07, 6.45) is 0. The van der Waals surface area contributed by atoms with Crippen LogP contribution < -0.4 is 9.47 Å². The minimum Gasteiger partial charge on any atom is -0.488 e. The first-order valence-electron chi connectivity index (χ1n) is 13.2. The number of carbonyl (C=O) groups is 1. The highest BCUT2D eigenvalue weighted by Gasteiger charge is 2.21. The number of carbonyl (C=O) groups excluding carboxylic acids is 1. The quantitative estimate of drug-likeness (QED) is 0.0739. The molecule has 0 aliphatic rings. The number of halogens is 1. The maximum Gasteiger partial charge on any atom is 0.390 e. The lowest BCUT2D eigenvalue weighted by Gasteiger charge is -2.26. The Labute approximate surface area is 249 Å². The first-order chi connectivity index (χ1) is 19.2. The molecule has 0 fully saturated rings. The molecule has 0 bridgehead atoms. The molecule has 0 heterocycles. The second-order valence-corrected chi connectivity index (χ2v) is 12.8. The zero-order chi connectivity index (χ0) is 29.9. The van der Waals surface area contributed by atoms with Crippen LogP contribution in [0, 0.1) is 22.0 Å². The lowest BCUT2D eigenvalue weighted by molar-refractivity contribution is -0.384. The molecule has 0 saturated carbocycles. The summed E-state index contributed by atoms with van der Waals surface area (Å²) in [5, 5.41) is 12.6. The zero-order valence-electron chi connectivity index (χ0n) is 24.0. The Morgan fingerprint density at radius 1 is 0.878 bits per heavy atom. The predicted molar refractivity (Wildman–Crippen MR) is 165 cm³/mol. The minimum atomic E-state index is -0.786. The van der Waals surface area contributed by atoms with E-state index in [9.17, 15) is 14.9 Å². The monoisotopic (exact) mass is 613 g/mol. The highest BCUT2D eigenvalue weighted by molar-refractivity contribution is 9.10. The summed E-state index contributed by atoms with van der Waals surface area (Å²) in [6.45, 7) is 13.5. The highest BCUT2D eigenvalue weighted by atomic mass is 79.9. The van der Waals surface area contributed by atoms with Gasteiger partial charge in [-0.3, -0.25) is 10.1 Å². The molecule has 4 aromatic carbocycles. The van der Waals surface area contributed by atoms with E-state index in [-0.39, 0.29) is 22.3 Å². The van der Waals surface area contributed by atoms with Crippen LogP contribution >= 0.6 is 15.9 Å². The third-order valence-electron chi connectivity index (χ3n) is 6.61. The number of benzene rings is 4. The van der Waals surface area contributed by atoms with Crippen molar-refractivity contribution < 1.29 is 19.2 Å². The largest absolute Gasteiger partial charge is 0.488 e. The van der Waals surface area contributed by atoms with Gasteiger partial charge in [-0.05, 0) is 63.2 Å². The predicted octanol–water partition coefficient (Wildman–Crippen LogP) is 8.64. The molecule has 4 rings (SSSR count). The van der Waals surface area contributed by atoms with Gasteiger partial charge in [0.05, 0.1) is 10.5 Å². The molecule has 0 amide bonds. The summed E-state index contributed by atoms with van der Waals surface area (Å²) in [5.74, 6) is 5.44. The first kappa shape index (κ1) is 29.8. The second kappa shape index (κ2) is 11.8. The van der Waals surface area contributed by atoms with Crippen LogP contribution in [0.25, 0.3) is 10.8 Å². The molecule has 6 nitrogen and oxygen atoms in total. The molecule has 0 atom stereocenters. The van der Waals surface area contributed by atoms with Crippen LogP contribution in [0.3, 0.4) is 0 Å². The van der Waals surface area contributed by atoms with Gasteiger partial charge in [0.2, 0.25) is 0 Å². The van der Waals surface area contributed by atoms with Crippen molar-refractivity contribution in [2.45, 2.75) is 59.0 Å². The van der Waals surface area contributed by atoms with Crippen LogP contribution in [0.5, 0.6) is 11.5 Å². The van der Waals surface area contributed by atoms with E-state index in [1.807, 2.05) is 30.3 Å². The van der Waals surface area contributed by atoms with Crippen LogP contribution in [0.1, 0.15) is 63.8 Å². The summed E-state index contributed by atoms with van der Waals surface area (Å²) in [7, 11) is 0. The van der Waals surface area contributed by atoms with Gasteiger partial charge in [0.1, 0.15) is 18.1 Å². The van der Waals surface area contributed by atoms with Crippen molar-refractivity contribution in [3.63, 3.8) is 0 Å². The van der Waals surface area contributed by atoms with Gasteiger partial charge in [0.25, 0.3) is 5.69 Å². The van der Waals surface area contributed by atoms with Gasteiger partial charge < -0.3 is 9.47 Å². The number of nitro groups is 1. The number of non-ortho nitro benzene ring substituents is 1. The number of rotatable bonds is 5. The third kappa shape index (κ3) is 7.53. The fourth-order valence-corrected chi connectivity index (χ4v) is 4.59. The molecule has 4 aromatic rings. The molecule has 41 heavy (non-hydrogen) atoms. The van der Waals surface area contributed by atoms with E-state index < -0.39 is 10.9 Å². The van der Waals surface area contributed by atoms with Crippen molar-refractivity contribution in [1.29, 1.82) is 0 Å². The average Bonchev–Trinajstić information content (AvgIpc) is 2.90. The second-order valence-electron chi connectivity index (χ2n) is 11.9. The highest BCUT2D eigenvalue weighted by Crippen LogP contribution is 2.33. The number of hydrogen-bond acceptors (Lipinski definition) is 5. The number of nitro benzene ring substituents is 1. The van der Waals surface area contributed by atoms with Crippen molar-refractivity contribution in [3.05, 3.63) is 110 Å². The number of esters is 1. The van der Waals surface area contributed by atoms with E-state index in [0.29, 0.717) is 17.9 Å². The molecule has 0 aliphatic heterocycles. The van der Waals surface area contributed by atoms with Gasteiger partial charge in [0, 0.05) is 27.9 Å². The van der Waals surface area contributed by atoms with E-state index >= 15 is 0 Å². The maximum absolute atomic E-state index is 12.6. The van der Waals surface area contributed by atoms with Crippen LogP contribution in [0.4, 0.5) is 5.69 Å². The molecule has 0 radical (unpaired) electrons. The Balaban J connectivity index is 1.66. The molecule has 0 unspecified atom stereocenters. The molecular formula is C34H32BrNO5. The zero-order valence-corrected chi connectivity index (χ0v) is 25.6. The normalized spacial score (nSPS) is 11.5. The Kier molecular flexibility index (Phi) is 8.55. The van der Waals surface area contributed by atoms with Gasteiger partial charge in [-0.1, -0.05) is 93.7 Å². The van der Waals surface area contributed by atoms with Gasteiger partial charge in [-0.2, -0.15) is 0 Å². The molecule has 0 N–H and O–H groups in total. The minimum absolute atomic E-state index is 0.0208. The van der Waals surface area contributed by atoms with Crippen LogP contribution in [-0.4, -0.2) is 10.9 Å². The van der Waals surface area contributed by atoms with Gasteiger partial charge in [-0.25, -0.2) is 4.79 Å². The van der Waals surface area contributed by atoms with Gasteiger partial charge >= 0.3 is 5.97 Å². The molecule has 0 aliphatic carbocycles. The van der Waals surface area contributed by atoms with Gasteiger partial charge in [0.15, 0.2) is 0 Å². The summed E-state index contributed by atoms with van der Waals surface area (Å²) >= 11 is 3.51. The van der Waals surface area contributed by atoms with E-state index in [1.165, 1.54) is 35.4 Å². The Morgan fingerprint density at radius 3 is 2.10 bits per heavy atom. The maximum atomic E-state index is 12.6.